The van der Waals surface area contributed by atoms with Gasteiger partial charge in [0.05, 0.1) is 17.3 Å². The summed E-state index contributed by atoms with van der Waals surface area (Å²) in [4.78, 5) is 8.92. The molecule has 0 aliphatic heterocycles. The molecule has 1 unspecified atom stereocenters. The lowest BCUT2D eigenvalue weighted by Gasteiger charge is -2.24. The average Bonchev–Trinajstić information content (AvgIpc) is 3.62. The van der Waals surface area contributed by atoms with Gasteiger partial charge >= 0.3 is 0 Å². The van der Waals surface area contributed by atoms with Crippen molar-refractivity contribution in [1.82, 2.24) is 15.0 Å². The van der Waals surface area contributed by atoms with Crippen molar-refractivity contribution in [3.8, 4) is 0 Å². The van der Waals surface area contributed by atoms with Crippen molar-refractivity contribution >= 4 is 38.3 Å². The quantitative estimate of drug-likeness (QED) is 0.233. The SMILES string of the molecule is CC(C)(C)CNc1ncnc2c(Br)cc(NC(/C(N)=C/N(N)C3CC3)c3ccc(F)cc3)cc12. The van der Waals surface area contributed by atoms with E-state index in [9.17, 15) is 4.39 Å². The molecule has 0 radical (unpaired) electrons. The van der Waals surface area contributed by atoms with Crippen molar-refractivity contribution in [3.63, 3.8) is 0 Å². The first-order chi connectivity index (χ1) is 16.1. The van der Waals surface area contributed by atoms with Crippen LogP contribution in [0.2, 0.25) is 0 Å². The first-order valence-corrected chi connectivity index (χ1v) is 12.1. The van der Waals surface area contributed by atoms with E-state index in [1.807, 2.05) is 12.1 Å². The summed E-state index contributed by atoms with van der Waals surface area (Å²) in [6, 6.07) is 10.2. The molecule has 1 atom stereocenters. The largest absolute Gasteiger partial charge is 0.399 e. The molecule has 3 aromatic rings. The van der Waals surface area contributed by atoms with Gasteiger partial charge in [-0.15, -0.1) is 0 Å². The second kappa shape index (κ2) is 9.76. The molecule has 0 bridgehead atoms. The van der Waals surface area contributed by atoms with E-state index in [-0.39, 0.29) is 11.2 Å². The van der Waals surface area contributed by atoms with Crippen LogP contribution in [-0.4, -0.2) is 27.6 Å². The van der Waals surface area contributed by atoms with E-state index in [0.717, 1.165) is 51.8 Å². The molecule has 1 aromatic heterocycles. The highest BCUT2D eigenvalue weighted by molar-refractivity contribution is 9.10. The first kappa shape index (κ1) is 24.2. The molecule has 1 fully saturated rings. The number of nitrogens with two attached hydrogens (primary N) is 2. The van der Waals surface area contributed by atoms with E-state index < -0.39 is 6.04 Å². The van der Waals surface area contributed by atoms with Gasteiger partial charge in [-0.25, -0.2) is 20.2 Å². The number of anilines is 2. The van der Waals surface area contributed by atoms with Crippen LogP contribution in [0.5, 0.6) is 0 Å². The van der Waals surface area contributed by atoms with Gasteiger partial charge in [0, 0.05) is 34.3 Å². The van der Waals surface area contributed by atoms with Crippen LogP contribution in [0.25, 0.3) is 10.9 Å². The molecule has 34 heavy (non-hydrogen) atoms. The minimum Gasteiger partial charge on any atom is -0.399 e. The summed E-state index contributed by atoms with van der Waals surface area (Å²) in [5.41, 5.74) is 9.58. The van der Waals surface area contributed by atoms with Crippen molar-refractivity contribution in [2.24, 2.45) is 17.0 Å². The maximum absolute atomic E-state index is 13.6. The summed E-state index contributed by atoms with van der Waals surface area (Å²) < 4.78 is 14.4. The van der Waals surface area contributed by atoms with Crippen LogP contribution in [0.15, 0.2) is 59.1 Å². The second-order valence-electron chi connectivity index (χ2n) is 9.93. The maximum atomic E-state index is 13.6. The fraction of sp³-hybridized carbons (Fsp3) is 0.360. The van der Waals surface area contributed by atoms with E-state index in [2.05, 4.69) is 57.3 Å². The minimum atomic E-state index is -0.412. The number of hydrazine groups is 1. The number of rotatable bonds is 8. The van der Waals surface area contributed by atoms with E-state index in [0.29, 0.717) is 11.7 Å². The Kier molecular flexibility index (Phi) is 6.95. The standard InChI is InChI=1S/C25H31BrFN7/c1-25(2,3)13-30-24-19-10-17(11-20(26)23(19)31-14-32-24)33-22(15-4-6-16(27)7-5-15)21(28)12-34(29)18-8-9-18/h4-7,10-12,14,18,22,33H,8-9,13,28-29H2,1-3H3,(H,30,31,32)/b21-12-. The molecule has 6 N–H and O–H groups in total. The van der Waals surface area contributed by atoms with Gasteiger partial charge in [-0.1, -0.05) is 32.9 Å². The van der Waals surface area contributed by atoms with Crippen LogP contribution in [0.3, 0.4) is 0 Å². The molecule has 1 aliphatic rings. The summed E-state index contributed by atoms with van der Waals surface area (Å²) in [7, 11) is 0. The zero-order valence-electron chi connectivity index (χ0n) is 19.6. The molecule has 0 spiro atoms. The Morgan fingerprint density at radius 1 is 1.24 bits per heavy atom. The first-order valence-electron chi connectivity index (χ1n) is 11.3. The van der Waals surface area contributed by atoms with Gasteiger partial charge in [0.1, 0.15) is 18.0 Å². The third-order valence-electron chi connectivity index (χ3n) is 5.59. The van der Waals surface area contributed by atoms with Crippen LogP contribution in [0.4, 0.5) is 15.9 Å². The van der Waals surface area contributed by atoms with Crippen molar-refractivity contribution in [3.05, 3.63) is 70.5 Å². The number of nitrogens with zero attached hydrogens (tertiary/aromatic N) is 3. The smallest absolute Gasteiger partial charge is 0.137 e. The molecular formula is C25H31BrFN7. The van der Waals surface area contributed by atoms with Gasteiger partial charge in [-0.05, 0) is 64.0 Å². The number of benzene rings is 2. The molecule has 9 heteroatoms. The Morgan fingerprint density at radius 2 is 1.94 bits per heavy atom. The fourth-order valence-corrected chi connectivity index (χ4v) is 4.17. The minimum absolute atomic E-state index is 0.0902. The van der Waals surface area contributed by atoms with Crippen molar-refractivity contribution < 1.29 is 4.39 Å². The Hall–Kier alpha value is -2.91. The van der Waals surface area contributed by atoms with E-state index in [1.54, 1.807) is 29.7 Å². The number of halogens is 2. The van der Waals surface area contributed by atoms with E-state index in [4.69, 9.17) is 11.6 Å². The van der Waals surface area contributed by atoms with Gasteiger partial charge in [0.2, 0.25) is 0 Å². The van der Waals surface area contributed by atoms with Crippen LogP contribution in [0, 0.1) is 11.2 Å². The normalized spacial score (nSPS) is 15.3. The Bertz CT molecular complexity index is 1190. The Morgan fingerprint density at radius 3 is 2.59 bits per heavy atom. The number of fused-ring (bicyclic) bond motifs is 1. The number of hydrogen-bond donors (Lipinski definition) is 4. The predicted molar refractivity (Wildman–Crippen MR) is 139 cm³/mol. The molecule has 0 saturated heterocycles. The van der Waals surface area contributed by atoms with E-state index in [1.165, 1.54) is 12.1 Å². The topological polar surface area (TPSA) is 105 Å². The summed E-state index contributed by atoms with van der Waals surface area (Å²) in [6.45, 7) is 7.25. The molecule has 1 saturated carbocycles. The Labute approximate surface area is 207 Å². The molecule has 7 nitrogen and oxygen atoms in total. The summed E-state index contributed by atoms with van der Waals surface area (Å²) >= 11 is 3.65. The van der Waals surface area contributed by atoms with Gasteiger partial charge < -0.3 is 21.4 Å². The van der Waals surface area contributed by atoms with Crippen molar-refractivity contribution in [2.75, 3.05) is 17.2 Å². The highest BCUT2D eigenvalue weighted by Crippen LogP contribution is 2.34. The third kappa shape index (κ3) is 5.95. The molecular weight excluding hydrogens is 497 g/mol. The molecule has 180 valence electrons. The maximum Gasteiger partial charge on any atom is 0.137 e. The number of nitrogens with one attached hydrogen (secondary N) is 2. The summed E-state index contributed by atoms with van der Waals surface area (Å²) in [5.74, 6) is 6.61. The highest BCUT2D eigenvalue weighted by Gasteiger charge is 2.26. The van der Waals surface area contributed by atoms with Gasteiger partial charge in [-0.2, -0.15) is 0 Å². The molecule has 2 aromatic carbocycles. The van der Waals surface area contributed by atoms with Gasteiger partial charge in [-0.3, -0.25) is 0 Å². The van der Waals surface area contributed by atoms with Crippen LogP contribution in [0.1, 0.15) is 45.2 Å². The zero-order valence-corrected chi connectivity index (χ0v) is 21.2. The predicted octanol–water partition coefficient (Wildman–Crippen LogP) is 5.28. The second-order valence-corrected chi connectivity index (χ2v) is 10.8. The van der Waals surface area contributed by atoms with Crippen LogP contribution < -0.4 is 22.2 Å². The highest BCUT2D eigenvalue weighted by atomic mass is 79.9. The Balaban J connectivity index is 1.70. The molecule has 1 heterocycles. The summed E-state index contributed by atoms with van der Waals surface area (Å²) in [5, 5.41) is 9.48. The van der Waals surface area contributed by atoms with Crippen LogP contribution >= 0.6 is 15.9 Å². The van der Waals surface area contributed by atoms with Gasteiger partial charge in [0.25, 0.3) is 0 Å². The van der Waals surface area contributed by atoms with Crippen LogP contribution in [-0.2, 0) is 0 Å². The lowest BCUT2D eigenvalue weighted by atomic mass is 9.97. The van der Waals surface area contributed by atoms with E-state index >= 15 is 0 Å². The summed E-state index contributed by atoms with van der Waals surface area (Å²) in [6.07, 6.45) is 5.42. The molecule has 4 rings (SSSR count). The fourth-order valence-electron chi connectivity index (χ4n) is 3.60. The average molecular weight is 528 g/mol. The third-order valence-corrected chi connectivity index (χ3v) is 6.20. The molecule has 1 aliphatic carbocycles. The molecule has 0 amide bonds. The lowest BCUT2D eigenvalue weighted by molar-refractivity contribution is 0.378. The monoisotopic (exact) mass is 527 g/mol. The van der Waals surface area contributed by atoms with Crippen molar-refractivity contribution in [2.45, 2.75) is 45.7 Å². The lowest BCUT2D eigenvalue weighted by Crippen LogP contribution is -2.30. The van der Waals surface area contributed by atoms with Crippen molar-refractivity contribution in [1.29, 1.82) is 0 Å². The number of aromatic nitrogens is 2. The van der Waals surface area contributed by atoms with Gasteiger partial charge in [0.15, 0.2) is 0 Å². The zero-order chi connectivity index (χ0) is 24.5. The number of hydrogen-bond acceptors (Lipinski definition) is 7.